The number of hydrogen-bond acceptors (Lipinski definition) is 8. The lowest BCUT2D eigenvalue weighted by Gasteiger charge is -2.38. The van der Waals surface area contributed by atoms with E-state index in [0.717, 1.165) is 0 Å². The summed E-state index contributed by atoms with van der Waals surface area (Å²) in [5.41, 5.74) is -1.67. The van der Waals surface area contributed by atoms with E-state index in [4.69, 9.17) is 28.4 Å². The van der Waals surface area contributed by atoms with Gasteiger partial charge in [-0.05, 0) is 34.6 Å². The van der Waals surface area contributed by atoms with Gasteiger partial charge in [0.25, 0.3) is 0 Å². The highest BCUT2D eigenvalue weighted by molar-refractivity contribution is 5.73. The number of aliphatic hydroxyl groups is 1. The molecule has 3 saturated heterocycles. The number of esters is 1. The summed E-state index contributed by atoms with van der Waals surface area (Å²) in [6.07, 6.45) is -3.04. The molecule has 3 fully saturated rings. The molecule has 0 unspecified atom stereocenters. The highest BCUT2D eigenvalue weighted by atomic mass is 16.8. The summed E-state index contributed by atoms with van der Waals surface area (Å²) in [4.78, 5) is 12.1. The molecule has 8 heteroatoms. The molecule has 0 bridgehead atoms. The van der Waals surface area contributed by atoms with Gasteiger partial charge in [-0.15, -0.1) is 0 Å². The first-order valence-electron chi connectivity index (χ1n) is 8.13. The van der Waals surface area contributed by atoms with Crippen LogP contribution in [0.4, 0.5) is 0 Å². The Morgan fingerprint density at radius 2 is 1.79 bits per heavy atom. The van der Waals surface area contributed by atoms with Gasteiger partial charge in [-0.2, -0.15) is 0 Å². The maximum atomic E-state index is 12.1. The molecule has 0 amide bonds. The quantitative estimate of drug-likeness (QED) is 0.741. The Kier molecular flexibility index (Phi) is 4.22. The Labute approximate surface area is 141 Å². The number of carbonyl (C=O) groups excluding carboxylic acids is 1. The summed E-state index contributed by atoms with van der Waals surface area (Å²) in [5, 5.41) is 11.5. The third kappa shape index (κ3) is 2.75. The van der Waals surface area contributed by atoms with E-state index in [1.165, 1.54) is 7.11 Å². The molecular weight excluding hydrogens is 320 g/mol. The average Bonchev–Trinajstić information content (AvgIpc) is 3.08. The van der Waals surface area contributed by atoms with Gasteiger partial charge in [0.05, 0.1) is 19.6 Å². The van der Waals surface area contributed by atoms with Crippen LogP contribution in [-0.4, -0.2) is 66.6 Å². The number of methoxy groups -OCH3 is 1. The van der Waals surface area contributed by atoms with Crippen molar-refractivity contribution in [1.29, 1.82) is 0 Å². The largest absolute Gasteiger partial charge is 0.469 e. The predicted molar refractivity (Wildman–Crippen MR) is 79.7 cm³/mol. The number of fused-ring (bicyclic) bond motifs is 1. The molecule has 3 aliphatic heterocycles. The van der Waals surface area contributed by atoms with Crippen molar-refractivity contribution in [3.05, 3.63) is 0 Å². The fraction of sp³-hybridized carbons (Fsp3) is 0.938. The monoisotopic (exact) mass is 346 g/mol. The molecule has 8 nitrogen and oxygen atoms in total. The van der Waals surface area contributed by atoms with Crippen LogP contribution in [0, 0.1) is 5.92 Å². The predicted octanol–water partition coefficient (Wildman–Crippen LogP) is 0.554. The maximum absolute atomic E-state index is 12.1. The Hall–Kier alpha value is -0.770. The van der Waals surface area contributed by atoms with E-state index in [-0.39, 0.29) is 6.61 Å². The summed E-state index contributed by atoms with van der Waals surface area (Å²) in [6.45, 7) is 8.83. The molecule has 0 radical (unpaired) electrons. The molecule has 3 heterocycles. The lowest BCUT2D eigenvalue weighted by atomic mass is 9.78. The molecule has 0 aromatic heterocycles. The molecule has 6 atom stereocenters. The second-order valence-electron chi connectivity index (χ2n) is 7.48. The Balaban J connectivity index is 1.92. The van der Waals surface area contributed by atoms with Crippen molar-refractivity contribution >= 4 is 5.97 Å². The summed E-state index contributed by atoms with van der Waals surface area (Å²) in [5.74, 6) is -3.16. The van der Waals surface area contributed by atoms with Crippen LogP contribution in [0.3, 0.4) is 0 Å². The molecule has 0 aromatic carbocycles. The van der Waals surface area contributed by atoms with Gasteiger partial charge in [0.15, 0.2) is 17.9 Å². The summed E-state index contributed by atoms with van der Waals surface area (Å²) in [6, 6.07) is 0. The third-order valence-corrected chi connectivity index (χ3v) is 4.87. The van der Waals surface area contributed by atoms with Crippen LogP contribution in [0.5, 0.6) is 0 Å². The topological polar surface area (TPSA) is 92.7 Å². The molecule has 3 aliphatic rings. The molecule has 3 rings (SSSR count). The van der Waals surface area contributed by atoms with E-state index in [1.54, 1.807) is 34.6 Å². The van der Waals surface area contributed by atoms with Gasteiger partial charge in [0, 0.05) is 0 Å². The van der Waals surface area contributed by atoms with Gasteiger partial charge >= 0.3 is 5.97 Å². The lowest BCUT2D eigenvalue weighted by Crippen LogP contribution is -2.59. The van der Waals surface area contributed by atoms with Gasteiger partial charge in [0.1, 0.15) is 23.9 Å². The first kappa shape index (κ1) is 18.0. The summed E-state index contributed by atoms with van der Waals surface area (Å²) >= 11 is 0. The van der Waals surface area contributed by atoms with Crippen LogP contribution in [0.2, 0.25) is 0 Å². The van der Waals surface area contributed by atoms with Crippen molar-refractivity contribution in [2.75, 3.05) is 13.7 Å². The minimum atomic E-state index is -1.67. The summed E-state index contributed by atoms with van der Waals surface area (Å²) in [7, 11) is 1.28. The van der Waals surface area contributed by atoms with E-state index in [2.05, 4.69) is 0 Å². The second kappa shape index (κ2) is 5.62. The van der Waals surface area contributed by atoms with Gasteiger partial charge in [-0.3, -0.25) is 4.79 Å². The van der Waals surface area contributed by atoms with Crippen molar-refractivity contribution in [2.24, 2.45) is 5.92 Å². The normalized spacial score (nSPS) is 44.3. The van der Waals surface area contributed by atoms with E-state index in [1.807, 2.05) is 0 Å². The fourth-order valence-electron chi connectivity index (χ4n) is 3.67. The number of hydrogen-bond donors (Lipinski definition) is 1. The third-order valence-electron chi connectivity index (χ3n) is 4.87. The van der Waals surface area contributed by atoms with Crippen molar-refractivity contribution in [1.82, 2.24) is 0 Å². The lowest BCUT2D eigenvalue weighted by molar-refractivity contribution is -0.255. The average molecular weight is 346 g/mol. The molecule has 0 aliphatic carbocycles. The van der Waals surface area contributed by atoms with Gasteiger partial charge in [-0.1, -0.05) is 0 Å². The fourth-order valence-corrected chi connectivity index (χ4v) is 3.67. The zero-order valence-corrected chi connectivity index (χ0v) is 14.9. The van der Waals surface area contributed by atoms with E-state index in [0.29, 0.717) is 0 Å². The first-order valence-corrected chi connectivity index (χ1v) is 8.13. The molecule has 0 aromatic rings. The van der Waals surface area contributed by atoms with Crippen LogP contribution in [0.25, 0.3) is 0 Å². The number of carbonyl (C=O) groups is 1. The van der Waals surface area contributed by atoms with E-state index >= 15 is 0 Å². The molecule has 24 heavy (non-hydrogen) atoms. The minimum absolute atomic E-state index is 0.233. The van der Waals surface area contributed by atoms with E-state index in [9.17, 15) is 9.90 Å². The van der Waals surface area contributed by atoms with Crippen molar-refractivity contribution in [3.63, 3.8) is 0 Å². The standard InChI is InChI=1S/C16H26O8/c1-8(12(17)19-6)16(18)10(9-7-20-14(2,3)22-9)21-13-11(16)23-15(4,5)24-13/h8-11,13,18H,7H2,1-6H3/t8-,9+,10+,11-,13+,16+/m0/s1. The minimum Gasteiger partial charge on any atom is -0.469 e. The Morgan fingerprint density at radius 1 is 1.12 bits per heavy atom. The van der Waals surface area contributed by atoms with Crippen LogP contribution in [0.15, 0.2) is 0 Å². The SMILES string of the molecule is COC(=O)[C@H](C)[C@@]1(O)[C@@H]([C@H]2COC(C)(C)O2)O[C@@H]2OC(C)(C)O[C@@H]21. The van der Waals surface area contributed by atoms with Crippen LogP contribution < -0.4 is 0 Å². The van der Waals surface area contributed by atoms with Crippen LogP contribution in [0.1, 0.15) is 34.6 Å². The van der Waals surface area contributed by atoms with Gasteiger partial charge in [-0.25, -0.2) is 0 Å². The van der Waals surface area contributed by atoms with Crippen LogP contribution in [-0.2, 0) is 33.2 Å². The molecule has 0 spiro atoms. The zero-order valence-electron chi connectivity index (χ0n) is 14.9. The van der Waals surface area contributed by atoms with Gasteiger partial charge < -0.3 is 33.5 Å². The van der Waals surface area contributed by atoms with E-state index < -0.39 is 53.7 Å². The number of rotatable bonds is 3. The van der Waals surface area contributed by atoms with Crippen LogP contribution >= 0.6 is 0 Å². The van der Waals surface area contributed by atoms with Crippen molar-refractivity contribution < 1.29 is 38.3 Å². The zero-order chi connectivity index (χ0) is 17.9. The summed E-state index contributed by atoms with van der Waals surface area (Å²) < 4.78 is 33.7. The Morgan fingerprint density at radius 3 is 2.33 bits per heavy atom. The second-order valence-corrected chi connectivity index (χ2v) is 7.48. The molecule has 138 valence electrons. The molecule has 0 saturated carbocycles. The van der Waals surface area contributed by atoms with Crippen molar-refractivity contribution in [2.45, 2.75) is 76.4 Å². The number of ether oxygens (including phenoxy) is 6. The first-order chi connectivity index (χ1) is 11.0. The smallest absolute Gasteiger partial charge is 0.311 e. The molecular formula is C16H26O8. The van der Waals surface area contributed by atoms with Crippen molar-refractivity contribution in [3.8, 4) is 0 Å². The Bertz CT molecular complexity index is 518. The molecule has 1 N–H and O–H groups in total. The van der Waals surface area contributed by atoms with Gasteiger partial charge in [0.2, 0.25) is 0 Å². The highest BCUT2D eigenvalue weighted by Crippen LogP contribution is 2.49. The highest BCUT2D eigenvalue weighted by Gasteiger charge is 2.69. The maximum Gasteiger partial charge on any atom is 0.311 e.